The Morgan fingerprint density at radius 1 is 1.37 bits per heavy atom. The Hall–Kier alpha value is -1.85. The zero-order valence-corrected chi connectivity index (χ0v) is 12.0. The van der Waals surface area contributed by atoms with Crippen molar-refractivity contribution in [2.24, 2.45) is 0 Å². The largest absolute Gasteiger partial charge is 0.481 e. The lowest BCUT2D eigenvalue weighted by Crippen LogP contribution is -2.32. The highest BCUT2D eigenvalue weighted by atomic mass is 16.5. The van der Waals surface area contributed by atoms with Crippen LogP contribution >= 0.6 is 0 Å². The molecule has 0 fully saturated rings. The number of esters is 1. The molecule has 0 aliphatic rings. The summed E-state index contributed by atoms with van der Waals surface area (Å²) in [5, 5.41) is 0. The van der Waals surface area contributed by atoms with Gasteiger partial charge in [0.1, 0.15) is 18.2 Å². The number of ether oxygens (including phenoxy) is 2. The standard InChI is InChI=1S/C13H21N3O3/c1-5-7-16(9-13(17)19-6-2)11-8-12(18-4)15-10(3)14-11/h8H,5-7,9H2,1-4H3. The summed E-state index contributed by atoms with van der Waals surface area (Å²) >= 11 is 0. The molecule has 0 amide bonds. The molecule has 0 aliphatic carbocycles. The molecule has 0 atom stereocenters. The third kappa shape index (κ3) is 4.73. The van der Waals surface area contributed by atoms with Gasteiger partial charge in [-0.05, 0) is 20.3 Å². The molecule has 0 radical (unpaired) electrons. The number of aryl methyl sites for hydroxylation is 1. The average molecular weight is 267 g/mol. The quantitative estimate of drug-likeness (QED) is 0.699. The molecular formula is C13H21N3O3. The van der Waals surface area contributed by atoms with Crippen LogP contribution in [0, 0.1) is 6.92 Å². The minimum Gasteiger partial charge on any atom is -0.481 e. The molecule has 1 aromatic rings. The first kappa shape index (κ1) is 15.2. The number of carbonyl (C=O) groups is 1. The molecule has 0 aliphatic heterocycles. The van der Waals surface area contributed by atoms with Gasteiger partial charge in [-0.3, -0.25) is 4.79 Å². The monoisotopic (exact) mass is 267 g/mol. The Morgan fingerprint density at radius 2 is 2.11 bits per heavy atom. The van der Waals surface area contributed by atoms with E-state index < -0.39 is 0 Å². The minimum absolute atomic E-state index is 0.182. The molecule has 0 N–H and O–H groups in total. The SMILES string of the molecule is CCCN(CC(=O)OCC)c1cc(OC)nc(C)n1. The van der Waals surface area contributed by atoms with Gasteiger partial charge >= 0.3 is 5.97 Å². The Kier molecular flexibility index (Phi) is 6.05. The highest BCUT2D eigenvalue weighted by Crippen LogP contribution is 2.17. The van der Waals surface area contributed by atoms with Gasteiger partial charge in [-0.25, -0.2) is 4.98 Å². The molecule has 1 heterocycles. The fourth-order valence-electron chi connectivity index (χ4n) is 1.70. The third-order valence-electron chi connectivity index (χ3n) is 2.45. The first-order valence-electron chi connectivity index (χ1n) is 6.40. The summed E-state index contributed by atoms with van der Waals surface area (Å²) in [6.45, 7) is 6.91. The summed E-state index contributed by atoms with van der Waals surface area (Å²) in [7, 11) is 1.56. The Morgan fingerprint density at radius 3 is 2.68 bits per heavy atom. The second kappa shape index (κ2) is 7.56. The Labute approximate surface area is 113 Å². The lowest BCUT2D eigenvalue weighted by Gasteiger charge is -2.22. The van der Waals surface area contributed by atoms with E-state index in [4.69, 9.17) is 9.47 Å². The third-order valence-corrected chi connectivity index (χ3v) is 2.45. The number of nitrogens with zero attached hydrogens (tertiary/aromatic N) is 3. The van der Waals surface area contributed by atoms with Crippen molar-refractivity contribution in [2.45, 2.75) is 27.2 Å². The van der Waals surface area contributed by atoms with Crippen LogP contribution in [0.5, 0.6) is 5.88 Å². The Balaban J connectivity index is 2.91. The van der Waals surface area contributed by atoms with E-state index in [1.54, 1.807) is 27.0 Å². The number of methoxy groups -OCH3 is 1. The Bertz CT molecular complexity index is 424. The van der Waals surface area contributed by atoms with E-state index in [-0.39, 0.29) is 12.5 Å². The molecule has 6 heteroatoms. The first-order valence-corrected chi connectivity index (χ1v) is 6.40. The second-order valence-electron chi connectivity index (χ2n) is 4.04. The molecule has 1 rings (SSSR count). The van der Waals surface area contributed by atoms with Gasteiger partial charge in [0.05, 0.1) is 13.7 Å². The number of anilines is 1. The van der Waals surface area contributed by atoms with Crippen LogP contribution in [0.3, 0.4) is 0 Å². The molecular weight excluding hydrogens is 246 g/mol. The van der Waals surface area contributed by atoms with Crippen molar-refractivity contribution in [3.05, 3.63) is 11.9 Å². The van der Waals surface area contributed by atoms with Gasteiger partial charge in [0, 0.05) is 12.6 Å². The molecule has 106 valence electrons. The van der Waals surface area contributed by atoms with Crippen LogP contribution in [0.2, 0.25) is 0 Å². The van der Waals surface area contributed by atoms with Crippen molar-refractivity contribution in [1.82, 2.24) is 9.97 Å². The van der Waals surface area contributed by atoms with Gasteiger partial charge in [-0.1, -0.05) is 6.92 Å². The zero-order chi connectivity index (χ0) is 14.3. The summed E-state index contributed by atoms with van der Waals surface area (Å²) in [5.74, 6) is 1.53. The average Bonchev–Trinajstić information content (AvgIpc) is 2.37. The van der Waals surface area contributed by atoms with Crippen molar-refractivity contribution in [3.8, 4) is 5.88 Å². The fraction of sp³-hybridized carbons (Fsp3) is 0.615. The molecule has 0 bridgehead atoms. The maximum Gasteiger partial charge on any atom is 0.325 e. The van der Waals surface area contributed by atoms with E-state index in [1.807, 2.05) is 11.8 Å². The minimum atomic E-state index is -0.258. The van der Waals surface area contributed by atoms with Gasteiger partial charge in [0.25, 0.3) is 0 Å². The molecule has 0 unspecified atom stereocenters. The fourth-order valence-corrected chi connectivity index (χ4v) is 1.70. The molecule has 0 aromatic carbocycles. The molecule has 6 nitrogen and oxygen atoms in total. The number of rotatable bonds is 7. The van der Waals surface area contributed by atoms with E-state index in [2.05, 4.69) is 9.97 Å². The van der Waals surface area contributed by atoms with Crippen molar-refractivity contribution >= 4 is 11.8 Å². The lowest BCUT2D eigenvalue weighted by molar-refractivity contribution is -0.141. The second-order valence-corrected chi connectivity index (χ2v) is 4.04. The number of hydrogen-bond donors (Lipinski definition) is 0. The van der Waals surface area contributed by atoms with Gasteiger partial charge < -0.3 is 14.4 Å². The van der Waals surface area contributed by atoms with Gasteiger partial charge in [-0.2, -0.15) is 4.98 Å². The molecule has 0 spiro atoms. The van der Waals surface area contributed by atoms with Crippen molar-refractivity contribution in [2.75, 3.05) is 31.7 Å². The maximum absolute atomic E-state index is 11.6. The van der Waals surface area contributed by atoms with E-state index in [0.29, 0.717) is 24.1 Å². The molecule has 1 aromatic heterocycles. The van der Waals surface area contributed by atoms with E-state index >= 15 is 0 Å². The van der Waals surface area contributed by atoms with Gasteiger partial charge in [0.2, 0.25) is 5.88 Å². The topological polar surface area (TPSA) is 64.6 Å². The summed E-state index contributed by atoms with van der Waals surface area (Å²) in [4.78, 5) is 21.9. The van der Waals surface area contributed by atoms with Crippen LogP contribution in [0.25, 0.3) is 0 Å². The van der Waals surface area contributed by atoms with Crippen molar-refractivity contribution < 1.29 is 14.3 Å². The highest BCUT2D eigenvalue weighted by molar-refractivity contribution is 5.75. The van der Waals surface area contributed by atoms with Crippen LogP contribution in [-0.2, 0) is 9.53 Å². The van der Waals surface area contributed by atoms with Crippen LogP contribution in [-0.4, -0.2) is 42.7 Å². The summed E-state index contributed by atoms with van der Waals surface area (Å²) in [5.41, 5.74) is 0. The summed E-state index contributed by atoms with van der Waals surface area (Å²) in [6.07, 6.45) is 0.908. The van der Waals surface area contributed by atoms with Gasteiger partial charge in [0.15, 0.2) is 0 Å². The van der Waals surface area contributed by atoms with Crippen LogP contribution in [0.4, 0.5) is 5.82 Å². The number of carbonyl (C=O) groups excluding carboxylic acids is 1. The number of aromatic nitrogens is 2. The first-order chi connectivity index (χ1) is 9.10. The molecule has 0 saturated heterocycles. The van der Waals surface area contributed by atoms with Crippen molar-refractivity contribution in [1.29, 1.82) is 0 Å². The predicted octanol–water partition coefficient (Wildman–Crippen LogP) is 1.57. The van der Waals surface area contributed by atoms with Gasteiger partial charge in [-0.15, -0.1) is 0 Å². The number of hydrogen-bond acceptors (Lipinski definition) is 6. The molecule has 0 saturated carbocycles. The van der Waals surface area contributed by atoms with E-state index in [1.165, 1.54) is 0 Å². The lowest BCUT2D eigenvalue weighted by atomic mass is 10.3. The van der Waals surface area contributed by atoms with Crippen LogP contribution in [0.15, 0.2) is 6.07 Å². The zero-order valence-electron chi connectivity index (χ0n) is 12.0. The van der Waals surface area contributed by atoms with E-state index in [9.17, 15) is 4.79 Å². The highest BCUT2D eigenvalue weighted by Gasteiger charge is 2.14. The van der Waals surface area contributed by atoms with E-state index in [0.717, 1.165) is 13.0 Å². The predicted molar refractivity (Wildman–Crippen MR) is 72.5 cm³/mol. The normalized spacial score (nSPS) is 10.1. The van der Waals surface area contributed by atoms with Crippen molar-refractivity contribution in [3.63, 3.8) is 0 Å². The smallest absolute Gasteiger partial charge is 0.325 e. The van der Waals surface area contributed by atoms with Crippen LogP contribution < -0.4 is 9.64 Å². The summed E-state index contributed by atoms with van der Waals surface area (Å²) < 4.78 is 10.1. The van der Waals surface area contributed by atoms with Crippen LogP contribution in [0.1, 0.15) is 26.1 Å². The molecule has 19 heavy (non-hydrogen) atoms. The summed E-state index contributed by atoms with van der Waals surface area (Å²) in [6, 6.07) is 1.72. The maximum atomic E-state index is 11.6.